The Morgan fingerprint density at radius 2 is 1.81 bits per heavy atom. The van der Waals surface area contributed by atoms with Crippen LogP contribution in [0.3, 0.4) is 0 Å². The molecule has 4 heteroatoms. The molecule has 0 aromatic heterocycles. The molecule has 0 N–H and O–H groups in total. The highest BCUT2D eigenvalue weighted by Gasteiger charge is 2.27. The van der Waals surface area contributed by atoms with Gasteiger partial charge in [0.1, 0.15) is 5.75 Å². The summed E-state index contributed by atoms with van der Waals surface area (Å²) in [5, 5.41) is 0. The quantitative estimate of drug-likeness (QED) is 0.757. The molecule has 3 rings (SSSR count). The van der Waals surface area contributed by atoms with E-state index in [1.165, 1.54) is 5.56 Å². The highest BCUT2D eigenvalue weighted by Crippen LogP contribution is 2.19. The summed E-state index contributed by atoms with van der Waals surface area (Å²) in [4.78, 5) is 14.6. The van der Waals surface area contributed by atoms with Crippen LogP contribution in [0.5, 0.6) is 5.75 Å². The summed E-state index contributed by atoms with van der Waals surface area (Å²) in [6.07, 6.45) is 1.65. The number of nitrogens with zero attached hydrogens (tertiary/aromatic N) is 1. The number of likely N-dealkylation sites (tertiary alicyclic amines) is 1. The Balaban J connectivity index is 1.45. The normalized spacial score (nSPS) is 18.3. The average molecular weight is 353 g/mol. The van der Waals surface area contributed by atoms with Crippen molar-refractivity contribution in [2.75, 3.05) is 19.7 Å². The van der Waals surface area contributed by atoms with Crippen molar-refractivity contribution >= 4 is 5.91 Å². The van der Waals surface area contributed by atoms with E-state index in [1.807, 2.05) is 60.4 Å². The highest BCUT2D eigenvalue weighted by atomic mass is 16.5. The van der Waals surface area contributed by atoms with Gasteiger partial charge in [0, 0.05) is 13.1 Å². The Labute approximate surface area is 155 Å². The van der Waals surface area contributed by atoms with Gasteiger partial charge in [-0.15, -0.1) is 0 Å². The second-order valence-corrected chi connectivity index (χ2v) is 6.87. The van der Waals surface area contributed by atoms with Crippen LogP contribution in [0.2, 0.25) is 0 Å². The fourth-order valence-electron chi connectivity index (χ4n) is 3.33. The van der Waals surface area contributed by atoms with Gasteiger partial charge in [-0.1, -0.05) is 48.5 Å². The van der Waals surface area contributed by atoms with Gasteiger partial charge in [-0.3, -0.25) is 4.79 Å². The van der Waals surface area contributed by atoms with Gasteiger partial charge < -0.3 is 14.4 Å². The lowest BCUT2D eigenvalue weighted by atomic mass is 9.98. The molecule has 2 unspecified atom stereocenters. The number of piperidine rings is 1. The summed E-state index contributed by atoms with van der Waals surface area (Å²) >= 11 is 0. The predicted molar refractivity (Wildman–Crippen MR) is 102 cm³/mol. The van der Waals surface area contributed by atoms with Crippen molar-refractivity contribution in [2.45, 2.75) is 32.5 Å². The van der Waals surface area contributed by atoms with E-state index >= 15 is 0 Å². The summed E-state index contributed by atoms with van der Waals surface area (Å²) in [6.45, 7) is 4.68. The van der Waals surface area contributed by atoms with Crippen LogP contribution in [0.25, 0.3) is 0 Å². The number of hydrogen-bond acceptors (Lipinski definition) is 3. The number of ether oxygens (including phenoxy) is 2. The summed E-state index contributed by atoms with van der Waals surface area (Å²) in [6, 6.07) is 19.7. The van der Waals surface area contributed by atoms with Crippen LogP contribution >= 0.6 is 0 Å². The van der Waals surface area contributed by atoms with Gasteiger partial charge in [-0.05, 0) is 43.4 Å². The lowest BCUT2D eigenvalue weighted by Crippen LogP contribution is -2.46. The lowest BCUT2D eigenvalue weighted by Gasteiger charge is -2.34. The van der Waals surface area contributed by atoms with Crippen molar-refractivity contribution in [2.24, 2.45) is 5.92 Å². The van der Waals surface area contributed by atoms with E-state index in [4.69, 9.17) is 9.47 Å². The topological polar surface area (TPSA) is 38.8 Å². The number of benzene rings is 2. The third-order valence-corrected chi connectivity index (χ3v) is 4.70. The van der Waals surface area contributed by atoms with E-state index in [0.29, 0.717) is 19.1 Å². The minimum Gasteiger partial charge on any atom is -0.481 e. The van der Waals surface area contributed by atoms with Crippen molar-refractivity contribution in [3.8, 4) is 5.75 Å². The number of carbonyl (C=O) groups is 1. The third kappa shape index (κ3) is 5.33. The fourth-order valence-corrected chi connectivity index (χ4v) is 3.33. The van der Waals surface area contributed by atoms with Gasteiger partial charge in [-0.25, -0.2) is 0 Å². The van der Waals surface area contributed by atoms with Gasteiger partial charge >= 0.3 is 0 Å². The molecule has 26 heavy (non-hydrogen) atoms. The second kappa shape index (κ2) is 9.39. The minimum atomic E-state index is -0.471. The molecule has 1 saturated heterocycles. The summed E-state index contributed by atoms with van der Waals surface area (Å²) in [7, 11) is 0. The standard InChI is InChI=1S/C22H27NO3/c1-18(26-21-12-6-3-7-13-21)22(24)23-14-8-11-20(15-23)17-25-16-19-9-4-2-5-10-19/h2-7,9-10,12-13,18,20H,8,11,14-17H2,1H3. The first-order valence-electron chi connectivity index (χ1n) is 9.34. The molecule has 2 aromatic rings. The number of hydrogen-bond donors (Lipinski definition) is 0. The molecule has 0 aliphatic carbocycles. The zero-order valence-corrected chi connectivity index (χ0v) is 15.3. The number of amides is 1. The van der Waals surface area contributed by atoms with Crippen molar-refractivity contribution in [1.82, 2.24) is 4.90 Å². The van der Waals surface area contributed by atoms with Gasteiger partial charge in [0.2, 0.25) is 0 Å². The van der Waals surface area contributed by atoms with Crippen molar-refractivity contribution in [1.29, 1.82) is 0 Å². The van der Waals surface area contributed by atoms with Crippen molar-refractivity contribution in [3.63, 3.8) is 0 Å². The Bertz CT molecular complexity index is 674. The number of rotatable bonds is 7. The molecular weight excluding hydrogens is 326 g/mol. The Kier molecular flexibility index (Phi) is 6.67. The molecule has 1 fully saturated rings. The molecule has 2 aromatic carbocycles. The van der Waals surface area contributed by atoms with E-state index in [2.05, 4.69) is 12.1 Å². The molecule has 1 aliphatic rings. The van der Waals surface area contributed by atoms with E-state index in [0.717, 1.165) is 31.7 Å². The van der Waals surface area contributed by atoms with Crippen LogP contribution in [0, 0.1) is 5.92 Å². The first kappa shape index (κ1) is 18.5. The lowest BCUT2D eigenvalue weighted by molar-refractivity contribution is -0.140. The largest absolute Gasteiger partial charge is 0.481 e. The highest BCUT2D eigenvalue weighted by molar-refractivity contribution is 5.81. The third-order valence-electron chi connectivity index (χ3n) is 4.70. The molecule has 4 nitrogen and oxygen atoms in total. The first-order chi connectivity index (χ1) is 12.7. The maximum atomic E-state index is 12.7. The summed E-state index contributed by atoms with van der Waals surface area (Å²) in [5.74, 6) is 1.18. The van der Waals surface area contributed by atoms with Gasteiger partial charge in [0.15, 0.2) is 6.10 Å². The summed E-state index contributed by atoms with van der Waals surface area (Å²) in [5.41, 5.74) is 1.18. The van der Waals surface area contributed by atoms with Crippen LogP contribution in [0.4, 0.5) is 0 Å². The fraction of sp³-hybridized carbons (Fsp3) is 0.409. The molecule has 0 spiro atoms. The molecule has 2 atom stereocenters. The maximum absolute atomic E-state index is 12.7. The zero-order chi connectivity index (χ0) is 18.2. The van der Waals surface area contributed by atoms with Gasteiger partial charge in [-0.2, -0.15) is 0 Å². The zero-order valence-electron chi connectivity index (χ0n) is 15.3. The average Bonchev–Trinajstić information content (AvgIpc) is 2.69. The first-order valence-corrected chi connectivity index (χ1v) is 9.34. The molecule has 1 amide bonds. The predicted octanol–water partition coefficient (Wildman–Crippen LogP) is 3.91. The van der Waals surface area contributed by atoms with Crippen LogP contribution in [0.1, 0.15) is 25.3 Å². The summed E-state index contributed by atoms with van der Waals surface area (Å²) < 4.78 is 11.7. The Morgan fingerprint density at radius 1 is 1.12 bits per heavy atom. The van der Waals surface area contributed by atoms with E-state index in [1.54, 1.807) is 0 Å². The van der Waals surface area contributed by atoms with Gasteiger partial charge in [0.05, 0.1) is 13.2 Å². The molecule has 0 radical (unpaired) electrons. The monoisotopic (exact) mass is 353 g/mol. The Hall–Kier alpha value is -2.33. The van der Waals surface area contributed by atoms with E-state index < -0.39 is 6.10 Å². The smallest absolute Gasteiger partial charge is 0.263 e. The van der Waals surface area contributed by atoms with Crippen LogP contribution in [0.15, 0.2) is 60.7 Å². The molecular formula is C22H27NO3. The molecule has 1 heterocycles. The number of para-hydroxylation sites is 1. The molecule has 0 bridgehead atoms. The van der Waals surface area contributed by atoms with E-state index in [-0.39, 0.29) is 5.91 Å². The van der Waals surface area contributed by atoms with Gasteiger partial charge in [0.25, 0.3) is 5.91 Å². The Morgan fingerprint density at radius 3 is 2.54 bits per heavy atom. The minimum absolute atomic E-state index is 0.0570. The van der Waals surface area contributed by atoms with Crippen LogP contribution < -0.4 is 4.74 Å². The van der Waals surface area contributed by atoms with Crippen molar-refractivity contribution < 1.29 is 14.3 Å². The molecule has 1 aliphatic heterocycles. The van der Waals surface area contributed by atoms with Crippen LogP contribution in [-0.4, -0.2) is 36.6 Å². The van der Waals surface area contributed by atoms with E-state index in [9.17, 15) is 4.79 Å². The second-order valence-electron chi connectivity index (χ2n) is 6.87. The molecule has 0 saturated carbocycles. The number of carbonyl (C=O) groups excluding carboxylic acids is 1. The maximum Gasteiger partial charge on any atom is 0.263 e. The van der Waals surface area contributed by atoms with Crippen LogP contribution in [-0.2, 0) is 16.1 Å². The SMILES string of the molecule is CC(Oc1ccccc1)C(=O)N1CCCC(COCc2ccccc2)C1. The van der Waals surface area contributed by atoms with Crippen molar-refractivity contribution in [3.05, 3.63) is 66.2 Å². The molecule has 138 valence electrons.